The number of hydrogen-bond acceptors (Lipinski definition) is 1. The molecular weight excluding hydrogens is 154 g/mol. The minimum atomic E-state index is 0.114. The van der Waals surface area contributed by atoms with Crippen molar-refractivity contribution in [2.24, 2.45) is 0 Å². The molecular formula is C8H18N3O+. The van der Waals surface area contributed by atoms with Crippen LogP contribution >= 0.6 is 0 Å². The minimum absolute atomic E-state index is 0.114. The Morgan fingerprint density at radius 3 is 2.75 bits per heavy atom. The molecule has 1 heterocycles. The lowest BCUT2D eigenvalue weighted by Crippen LogP contribution is -2.67. The molecule has 4 heteroatoms. The van der Waals surface area contributed by atoms with Crippen molar-refractivity contribution in [3.63, 3.8) is 0 Å². The van der Waals surface area contributed by atoms with Crippen molar-refractivity contribution >= 4 is 6.03 Å². The van der Waals surface area contributed by atoms with Gasteiger partial charge in [-0.05, 0) is 6.42 Å². The van der Waals surface area contributed by atoms with Crippen LogP contribution < -0.4 is 5.73 Å². The predicted molar refractivity (Wildman–Crippen MR) is 46.6 cm³/mol. The van der Waals surface area contributed by atoms with E-state index in [9.17, 15) is 4.79 Å². The van der Waals surface area contributed by atoms with Crippen molar-refractivity contribution in [2.45, 2.75) is 18.9 Å². The van der Waals surface area contributed by atoms with E-state index in [4.69, 9.17) is 0 Å². The van der Waals surface area contributed by atoms with Gasteiger partial charge in [0.2, 0.25) is 0 Å². The van der Waals surface area contributed by atoms with Crippen LogP contribution in [0.25, 0.3) is 0 Å². The Hall–Kier alpha value is -0.770. The van der Waals surface area contributed by atoms with Crippen LogP contribution in [0.3, 0.4) is 0 Å². The number of carbonyl (C=O) groups excluding carboxylic acids is 1. The fourth-order valence-electron chi connectivity index (χ4n) is 1.52. The third kappa shape index (κ3) is 2.11. The van der Waals surface area contributed by atoms with E-state index in [-0.39, 0.29) is 6.03 Å². The summed E-state index contributed by atoms with van der Waals surface area (Å²) in [5, 5.41) is 0. The average Bonchev–Trinajstić information content (AvgIpc) is 2.03. The number of amides is 2. The topological polar surface area (TPSA) is 51.2 Å². The first kappa shape index (κ1) is 9.32. The second-order valence-corrected chi connectivity index (χ2v) is 3.63. The van der Waals surface area contributed by atoms with E-state index < -0.39 is 0 Å². The second kappa shape index (κ2) is 3.76. The first-order valence-electron chi connectivity index (χ1n) is 4.40. The Balaban J connectivity index is 2.46. The van der Waals surface area contributed by atoms with E-state index in [1.807, 2.05) is 4.90 Å². The van der Waals surface area contributed by atoms with Crippen molar-refractivity contribution in [3.8, 4) is 0 Å². The molecule has 1 aliphatic rings. The van der Waals surface area contributed by atoms with Crippen LogP contribution in [0.15, 0.2) is 0 Å². The standard InChI is InChI=1S/C8H17N3O/c1-10(2)8(12)11-5-3-4-7(9)6-11/h7H,3-6,9H2,1-2H3/p+1/t7-/m0/s1. The van der Waals surface area contributed by atoms with Crippen LogP contribution in [0.4, 0.5) is 4.79 Å². The van der Waals surface area contributed by atoms with Crippen molar-refractivity contribution < 1.29 is 10.5 Å². The van der Waals surface area contributed by atoms with E-state index in [2.05, 4.69) is 5.73 Å². The number of urea groups is 1. The summed E-state index contributed by atoms with van der Waals surface area (Å²) in [6, 6.07) is 0.533. The predicted octanol–water partition coefficient (Wildman–Crippen LogP) is -0.626. The number of rotatable bonds is 0. The van der Waals surface area contributed by atoms with Gasteiger partial charge in [-0.15, -0.1) is 0 Å². The molecule has 0 unspecified atom stereocenters. The van der Waals surface area contributed by atoms with Gasteiger partial charge in [0, 0.05) is 27.1 Å². The zero-order valence-corrected chi connectivity index (χ0v) is 7.92. The zero-order valence-electron chi connectivity index (χ0n) is 7.92. The van der Waals surface area contributed by atoms with Gasteiger partial charge in [0.1, 0.15) is 6.04 Å². The van der Waals surface area contributed by atoms with Crippen LogP contribution in [0.5, 0.6) is 0 Å². The number of carbonyl (C=O) groups is 1. The Kier molecular flexibility index (Phi) is 2.92. The molecule has 1 atom stereocenters. The van der Waals surface area contributed by atoms with Gasteiger partial charge in [-0.2, -0.15) is 0 Å². The van der Waals surface area contributed by atoms with Crippen molar-refractivity contribution in [1.82, 2.24) is 9.80 Å². The number of likely N-dealkylation sites (tertiary alicyclic amines) is 1. The number of piperidine rings is 1. The van der Waals surface area contributed by atoms with Gasteiger partial charge in [0.25, 0.3) is 0 Å². The SMILES string of the molecule is CN(C)C(=O)N1CCC[C@H]([NH3+])C1. The normalized spacial score (nSPS) is 23.9. The highest BCUT2D eigenvalue weighted by Crippen LogP contribution is 2.08. The molecule has 4 nitrogen and oxygen atoms in total. The summed E-state index contributed by atoms with van der Waals surface area (Å²) in [5.74, 6) is 0. The summed E-state index contributed by atoms with van der Waals surface area (Å²) in [5.41, 5.74) is 3.98. The average molecular weight is 172 g/mol. The first-order valence-corrected chi connectivity index (χ1v) is 4.40. The van der Waals surface area contributed by atoms with Gasteiger partial charge in [-0.25, -0.2) is 4.79 Å². The lowest BCUT2D eigenvalue weighted by Gasteiger charge is -2.31. The summed E-state index contributed by atoms with van der Waals surface area (Å²) < 4.78 is 0. The van der Waals surface area contributed by atoms with Crippen LogP contribution in [-0.2, 0) is 0 Å². The Morgan fingerprint density at radius 2 is 2.25 bits per heavy atom. The third-order valence-electron chi connectivity index (χ3n) is 2.17. The van der Waals surface area contributed by atoms with E-state index in [0.717, 1.165) is 25.9 Å². The summed E-state index contributed by atoms with van der Waals surface area (Å²) in [4.78, 5) is 15.0. The molecule has 12 heavy (non-hydrogen) atoms. The van der Waals surface area contributed by atoms with Gasteiger partial charge >= 0.3 is 6.03 Å². The summed E-state index contributed by atoms with van der Waals surface area (Å²) in [6.45, 7) is 1.71. The zero-order chi connectivity index (χ0) is 9.14. The van der Waals surface area contributed by atoms with Crippen molar-refractivity contribution in [3.05, 3.63) is 0 Å². The maximum absolute atomic E-state index is 11.5. The van der Waals surface area contributed by atoms with Gasteiger partial charge < -0.3 is 15.5 Å². The molecule has 1 saturated heterocycles. The molecule has 0 radical (unpaired) electrons. The molecule has 0 aliphatic carbocycles. The fourth-order valence-corrected chi connectivity index (χ4v) is 1.52. The highest BCUT2D eigenvalue weighted by Gasteiger charge is 2.23. The monoisotopic (exact) mass is 172 g/mol. The second-order valence-electron chi connectivity index (χ2n) is 3.63. The molecule has 1 aliphatic heterocycles. The van der Waals surface area contributed by atoms with E-state index in [0.29, 0.717) is 6.04 Å². The van der Waals surface area contributed by atoms with Gasteiger partial charge in [-0.3, -0.25) is 0 Å². The van der Waals surface area contributed by atoms with E-state index >= 15 is 0 Å². The molecule has 3 N–H and O–H groups in total. The molecule has 70 valence electrons. The Morgan fingerprint density at radius 1 is 1.58 bits per heavy atom. The quantitative estimate of drug-likeness (QED) is 0.520. The summed E-state index contributed by atoms with van der Waals surface area (Å²) in [6.07, 6.45) is 2.24. The third-order valence-corrected chi connectivity index (χ3v) is 2.17. The fraction of sp³-hybridized carbons (Fsp3) is 0.875. The maximum atomic E-state index is 11.5. The highest BCUT2D eigenvalue weighted by atomic mass is 16.2. The molecule has 0 saturated carbocycles. The minimum Gasteiger partial charge on any atom is -0.354 e. The number of nitrogens with zero attached hydrogens (tertiary/aromatic N) is 2. The van der Waals surface area contributed by atoms with Gasteiger partial charge in [0.15, 0.2) is 0 Å². The largest absolute Gasteiger partial charge is 0.354 e. The summed E-state index contributed by atoms with van der Waals surface area (Å²) in [7, 11) is 3.57. The molecule has 0 aromatic carbocycles. The molecule has 0 aromatic rings. The Bertz CT molecular complexity index is 170. The van der Waals surface area contributed by atoms with E-state index in [1.165, 1.54) is 0 Å². The Labute approximate surface area is 73.3 Å². The summed E-state index contributed by atoms with van der Waals surface area (Å²) >= 11 is 0. The molecule has 1 fully saturated rings. The van der Waals surface area contributed by atoms with Crippen molar-refractivity contribution in [1.29, 1.82) is 0 Å². The number of quaternary nitrogens is 1. The van der Waals surface area contributed by atoms with Gasteiger partial charge in [0.05, 0.1) is 6.54 Å². The highest BCUT2D eigenvalue weighted by molar-refractivity contribution is 5.73. The molecule has 2 amide bonds. The molecule has 0 bridgehead atoms. The molecule has 1 rings (SSSR count). The van der Waals surface area contributed by atoms with E-state index in [1.54, 1.807) is 19.0 Å². The maximum Gasteiger partial charge on any atom is 0.319 e. The van der Waals surface area contributed by atoms with Crippen LogP contribution in [0, 0.1) is 0 Å². The smallest absolute Gasteiger partial charge is 0.319 e. The van der Waals surface area contributed by atoms with Crippen LogP contribution in [0.2, 0.25) is 0 Å². The lowest BCUT2D eigenvalue weighted by atomic mass is 10.1. The van der Waals surface area contributed by atoms with Crippen molar-refractivity contribution in [2.75, 3.05) is 27.2 Å². The van der Waals surface area contributed by atoms with Crippen LogP contribution in [0.1, 0.15) is 12.8 Å². The molecule has 0 spiro atoms. The van der Waals surface area contributed by atoms with Crippen LogP contribution in [-0.4, -0.2) is 49.1 Å². The number of hydrogen-bond donors (Lipinski definition) is 1. The first-order chi connectivity index (χ1) is 5.61. The van der Waals surface area contributed by atoms with Gasteiger partial charge in [-0.1, -0.05) is 0 Å². The lowest BCUT2D eigenvalue weighted by molar-refractivity contribution is -0.425. The molecule has 0 aromatic heterocycles.